The maximum Gasteiger partial charge on any atom is 0.337 e. The van der Waals surface area contributed by atoms with Gasteiger partial charge in [-0.15, -0.1) is 0 Å². The molecular weight excluding hydrogens is 378 g/mol. The van der Waals surface area contributed by atoms with Crippen LogP contribution in [-0.2, 0) is 4.74 Å². The summed E-state index contributed by atoms with van der Waals surface area (Å²) in [7, 11) is 2.71. The smallest absolute Gasteiger partial charge is 0.337 e. The van der Waals surface area contributed by atoms with Gasteiger partial charge in [-0.3, -0.25) is 9.59 Å². The van der Waals surface area contributed by atoms with E-state index in [0.29, 0.717) is 22.7 Å². The molecule has 0 aliphatic carbocycles. The van der Waals surface area contributed by atoms with Crippen molar-refractivity contribution in [2.75, 3.05) is 19.5 Å². The Kier molecular flexibility index (Phi) is 5.59. The Morgan fingerprint density at radius 1 is 1.07 bits per heavy atom. The van der Waals surface area contributed by atoms with Crippen LogP contribution in [0.4, 0.5) is 5.69 Å². The van der Waals surface area contributed by atoms with Crippen LogP contribution in [0, 0.1) is 0 Å². The Bertz CT molecular complexity index is 1120. The van der Waals surface area contributed by atoms with Crippen molar-refractivity contribution in [1.29, 1.82) is 0 Å². The van der Waals surface area contributed by atoms with Gasteiger partial charge in [0.05, 0.1) is 19.8 Å². The summed E-state index contributed by atoms with van der Waals surface area (Å²) in [6.45, 7) is 0. The van der Waals surface area contributed by atoms with Crippen molar-refractivity contribution in [3.63, 3.8) is 0 Å². The molecule has 1 aromatic heterocycles. The molecule has 0 aliphatic rings. The Hall–Kier alpha value is -4.14. The van der Waals surface area contributed by atoms with Crippen LogP contribution in [0.25, 0.3) is 5.69 Å². The normalized spacial score (nSPS) is 10.3. The number of anilines is 1. The third kappa shape index (κ3) is 4.08. The molecule has 1 amide bonds. The number of carbonyl (C=O) groups excluding carboxylic acids is 2. The Balaban J connectivity index is 1.93. The fourth-order valence-electron chi connectivity index (χ4n) is 2.58. The van der Waals surface area contributed by atoms with E-state index in [-0.39, 0.29) is 5.69 Å². The average molecular weight is 395 g/mol. The lowest BCUT2D eigenvalue weighted by Crippen LogP contribution is -2.25. The topological polar surface area (TPSA) is 120 Å². The van der Waals surface area contributed by atoms with Crippen LogP contribution in [0.15, 0.2) is 59.4 Å². The lowest BCUT2D eigenvalue weighted by molar-refractivity contribution is 0.0600. The summed E-state index contributed by atoms with van der Waals surface area (Å²) >= 11 is 0. The quantitative estimate of drug-likeness (QED) is 0.634. The number of ether oxygens (including phenoxy) is 2. The average Bonchev–Trinajstić information content (AvgIpc) is 2.73. The SMILES string of the molecule is COC(=O)c1ccc(NC(=O)c2nn(-c3ccccc3OC)c(=O)cc2O)cc1. The molecule has 0 saturated carbocycles. The van der Waals surface area contributed by atoms with Gasteiger partial charge in [-0.2, -0.15) is 9.78 Å². The number of nitrogens with zero attached hydrogens (tertiary/aromatic N) is 2. The monoisotopic (exact) mass is 395 g/mol. The molecule has 9 heteroatoms. The molecule has 3 aromatic rings. The van der Waals surface area contributed by atoms with Crippen LogP contribution >= 0.6 is 0 Å². The van der Waals surface area contributed by atoms with Gasteiger partial charge >= 0.3 is 5.97 Å². The van der Waals surface area contributed by atoms with Crippen LogP contribution in [0.3, 0.4) is 0 Å². The minimum absolute atomic E-state index is 0.316. The second kappa shape index (κ2) is 8.26. The van der Waals surface area contributed by atoms with Gasteiger partial charge in [-0.1, -0.05) is 12.1 Å². The van der Waals surface area contributed by atoms with Gasteiger partial charge in [0.1, 0.15) is 11.4 Å². The molecule has 0 saturated heterocycles. The third-order valence-electron chi connectivity index (χ3n) is 4.00. The van der Waals surface area contributed by atoms with E-state index >= 15 is 0 Å². The summed E-state index contributed by atoms with van der Waals surface area (Å²) in [6, 6.07) is 13.5. The number of aromatic nitrogens is 2. The zero-order chi connectivity index (χ0) is 21.0. The molecule has 0 radical (unpaired) electrons. The molecule has 0 aliphatic heterocycles. The number of methoxy groups -OCH3 is 2. The molecular formula is C20H17N3O6. The highest BCUT2D eigenvalue weighted by Crippen LogP contribution is 2.22. The fourth-order valence-corrected chi connectivity index (χ4v) is 2.58. The van der Waals surface area contributed by atoms with Crippen molar-refractivity contribution < 1.29 is 24.2 Å². The first-order valence-corrected chi connectivity index (χ1v) is 8.41. The van der Waals surface area contributed by atoms with E-state index in [9.17, 15) is 19.5 Å². The van der Waals surface area contributed by atoms with Crippen LogP contribution < -0.4 is 15.6 Å². The van der Waals surface area contributed by atoms with Gasteiger partial charge in [-0.05, 0) is 36.4 Å². The molecule has 0 unspecified atom stereocenters. The van der Waals surface area contributed by atoms with Crippen molar-refractivity contribution in [1.82, 2.24) is 9.78 Å². The minimum Gasteiger partial charge on any atom is -0.505 e. The fraction of sp³-hybridized carbons (Fsp3) is 0.100. The van der Waals surface area contributed by atoms with E-state index in [1.807, 2.05) is 0 Å². The summed E-state index contributed by atoms with van der Waals surface area (Å²) in [5, 5.41) is 16.6. The van der Waals surface area contributed by atoms with E-state index < -0.39 is 23.2 Å². The highest BCUT2D eigenvalue weighted by molar-refractivity contribution is 6.04. The van der Waals surface area contributed by atoms with Gasteiger partial charge in [0.2, 0.25) is 0 Å². The van der Waals surface area contributed by atoms with Crippen molar-refractivity contribution >= 4 is 17.6 Å². The largest absolute Gasteiger partial charge is 0.505 e. The number of aromatic hydroxyl groups is 1. The Labute approximate surface area is 165 Å². The number of rotatable bonds is 5. The summed E-state index contributed by atoms with van der Waals surface area (Å²) in [5.74, 6) is -1.44. The zero-order valence-corrected chi connectivity index (χ0v) is 15.6. The summed E-state index contributed by atoms with van der Waals surface area (Å²) in [4.78, 5) is 36.3. The lowest BCUT2D eigenvalue weighted by Gasteiger charge is -2.12. The third-order valence-corrected chi connectivity index (χ3v) is 4.00. The summed E-state index contributed by atoms with van der Waals surface area (Å²) in [5.41, 5.74) is 0.00472. The highest BCUT2D eigenvalue weighted by atomic mass is 16.5. The van der Waals surface area contributed by atoms with Gasteiger partial charge in [0, 0.05) is 11.8 Å². The molecule has 1 heterocycles. The first-order valence-electron chi connectivity index (χ1n) is 8.41. The second-order valence-corrected chi connectivity index (χ2v) is 5.82. The molecule has 2 aromatic carbocycles. The van der Waals surface area contributed by atoms with Crippen molar-refractivity contribution in [3.05, 3.63) is 76.2 Å². The number of hydrogen-bond donors (Lipinski definition) is 2. The van der Waals surface area contributed by atoms with Crippen LogP contribution in [0.2, 0.25) is 0 Å². The number of esters is 1. The summed E-state index contributed by atoms with van der Waals surface area (Å²) in [6.07, 6.45) is 0. The molecule has 0 fully saturated rings. The van der Waals surface area contributed by atoms with Gasteiger partial charge < -0.3 is 19.9 Å². The van der Waals surface area contributed by atoms with Crippen LogP contribution in [0.1, 0.15) is 20.8 Å². The molecule has 29 heavy (non-hydrogen) atoms. The maximum atomic E-state index is 12.6. The first-order chi connectivity index (χ1) is 13.9. The Morgan fingerprint density at radius 2 is 1.76 bits per heavy atom. The van der Waals surface area contributed by atoms with Crippen molar-refractivity contribution in [2.45, 2.75) is 0 Å². The number of nitrogens with one attached hydrogen (secondary N) is 1. The molecule has 0 bridgehead atoms. The van der Waals surface area contributed by atoms with Gasteiger partial charge in [0.15, 0.2) is 11.4 Å². The molecule has 2 N–H and O–H groups in total. The number of hydrogen-bond acceptors (Lipinski definition) is 7. The predicted molar refractivity (Wildman–Crippen MR) is 104 cm³/mol. The van der Waals surface area contributed by atoms with E-state index in [1.165, 1.54) is 38.5 Å². The maximum absolute atomic E-state index is 12.6. The molecule has 148 valence electrons. The van der Waals surface area contributed by atoms with Crippen molar-refractivity contribution in [2.24, 2.45) is 0 Å². The summed E-state index contributed by atoms with van der Waals surface area (Å²) < 4.78 is 10.8. The molecule has 9 nitrogen and oxygen atoms in total. The van der Waals surface area contributed by atoms with Crippen LogP contribution in [-0.4, -0.2) is 41.0 Å². The molecule has 3 rings (SSSR count). The van der Waals surface area contributed by atoms with E-state index in [2.05, 4.69) is 15.2 Å². The van der Waals surface area contributed by atoms with E-state index in [4.69, 9.17) is 4.74 Å². The number of para-hydroxylation sites is 2. The predicted octanol–water partition coefficient (Wildman–Crippen LogP) is 1.99. The first kappa shape index (κ1) is 19.6. The lowest BCUT2D eigenvalue weighted by atomic mass is 10.2. The molecule has 0 atom stereocenters. The number of benzene rings is 2. The standard InChI is InChI=1S/C20H17N3O6/c1-28-16-6-4-3-5-14(16)23-17(25)11-15(24)18(22-23)19(26)21-13-9-7-12(8-10-13)20(27)29-2/h3-11,24H,1-2H3,(H,21,26). The van der Waals surface area contributed by atoms with Gasteiger partial charge in [0.25, 0.3) is 11.5 Å². The highest BCUT2D eigenvalue weighted by Gasteiger charge is 2.18. The Morgan fingerprint density at radius 3 is 2.41 bits per heavy atom. The second-order valence-electron chi connectivity index (χ2n) is 5.82. The van der Waals surface area contributed by atoms with Crippen molar-refractivity contribution in [3.8, 4) is 17.2 Å². The molecule has 0 spiro atoms. The minimum atomic E-state index is -0.739. The number of carbonyl (C=O) groups is 2. The van der Waals surface area contributed by atoms with Gasteiger partial charge in [-0.25, -0.2) is 4.79 Å². The number of amides is 1. The van der Waals surface area contributed by atoms with Crippen LogP contribution in [0.5, 0.6) is 11.5 Å². The zero-order valence-electron chi connectivity index (χ0n) is 15.6. The van der Waals surface area contributed by atoms with E-state index in [1.54, 1.807) is 24.3 Å². The van der Waals surface area contributed by atoms with E-state index in [0.717, 1.165) is 10.7 Å².